The molecule has 29 heavy (non-hydrogen) atoms. The SMILES string of the molecule is C[C@H](OC(=O)/C=C/c1ccc2c(c1)OCCO2)C(=O)N1c2ccccc2C[C@H]1C. The molecule has 1 amide bonds. The van der Waals surface area contributed by atoms with Crippen molar-refractivity contribution in [2.45, 2.75) is 32.4 Å². The largest absolute Gasteiger partial charge is 0.486 e. The van der Waals surface area contributed by atoms with Gasteiger partial charge in [0.15, 0.2) is 17.6 Å². The van der Waals surface area contributed by atoms with Crippen LogP contribution in [0, 0.1) is 0 Å². The molecule has 2 aliphatic rings. The van der Waals surface area contributed by atoms with Gasteiger partial charge in [-0.2, -0.15) is 0 Å². The number of benzene rings is 2. The topological polar surface area (TPSA) is 65.1 Å². The maximum atomic E-state index is 12.9. The number of para-hydroxylation sites is 1. The molecular formula is C23H23NO5. The van der Waals surface area contributed by atoms with E-state index in [0.717, 1.165) is 23.2 Å². The van der Waals surface area contributed by atoms with Crippen LogP contribution in [0.3, 0.4) is 0 Å². The van der Waals surface area contributed by atoms with E-state index < -0.39 is 12.1 Å². The summed E-state index contributed by atoms with van der Waals surface area (Å²) in [6.07, 6.45) is 2.87. The van der Waals surface area contributed by atoms with E-state index in [2.05, 4.69) is 0 Å². The van der Waals surface area contributed by atoms with Crippen molar-refractivity contribution in [3.8, 4) is 11.5 Å². The van der Waals surface area contributed by atoms with E-state index in [-0.39, 0.29) is 11.9 Å². The normalized spacial score (nSPS) is 18.4. The van der Waals surface area contributed by atoms with Crippen molar-refractivity contribution in [3.05, 3.63) is 59.7 Å². The van der Waals surface area contributed by atoms with Crippen LogP contribution in [0.4, 0.5) is 5.69 Å². The fourth-order valence-corrected chi connectivity index (χ4v) is 3.69. The number of amides is 1. The van der Waals surface area contributed by atoms with E-state index in [4.69, 9.17) is 14.2 Å². The summed E-state index contributed by atoms with van der Waals surface area (Å²) in [6.45, 7) is 4.63. The van der Waals surface area contributed by atoms with Crippen LogP contribution >= 0.6 is 0 Å². The van der Waals surface area contributed by atoms with Crippen molar-refractivity contribution < 1.29 is 23.8 Å². The van der Waals surface area contributed by atoms with Crippen LogP contribution in [-0.2, 0) is 20.7 Å². The predicted molar refractivity (Wildman–Crippen MR) is 109 cm³/mol. The number of fused-ring (bicyclic) bond motifs is 2. The van der Waals surface area contributed by atoms with Crippen molar-refractivity contribution in [2.75, 3.05) is 18.1 Å². The Morgan fingerprint density at radius 1 is 1.14 bits per heavy atom. The third-order valence-electron chi connectivity index (χ3n) is 5.06. The average molecular weight is 393 g/mol. The maximum Gasteiger partial charge on any atom is 0.331 e. The maximum absolute atomic E-state index is 12.9. The smallest absolute Gasteiger partial charge is 0.331 e. The lowest BCUT2D eigenvalue weighted by Gasteiger charge is -2.25. The monoisotopic (exact) mass is 393 g/mol. The molecule has 0 aliphatic carbocycles. The number of carbonyl (C=O) groups is 2. The highest BCUT2D eigenvalue weighted by Gasteiger charge is 2.34. The van der Waals surface area contributed by atoms with Gasteiger partial charge in [-0.05, 0) is 55.7 Å². The Balaban J connectivity index is 1.39. The molecule has 0 saturated carbocycles. The van der Waals surface area contributed by atoms with Gasteiger partial charge in [0.1, 0.15) is 13.2 Å². The molecule has 0 spiro atoms. The highest BCUT2D eigenvalue weighted by molar-refractivity contribution is 6.00. The Kier molecular flexibility index (Phi) is 5.25. The van der Waals surface area contributed by atoms with Gasteiger partial charge in [0.25, 0.3) is 5.91 Å². The van der Waals surface area contributed by atoms with E-state index in [1.165, 1.54) is 6.08 Å². The van der Waals surface area contributed by atoms with Crippen LogP contribution < -0.4 is 14.4 Å². The molecule has 0 bridgehead atoms. The summed E-state index contributed by atoms with van der Waals surface area (Å²) in [6, 6.07) is 13.3. The molecule has 6 nitrogen and oxygen atoms in total. The second-order valence-electron chi connectivity index (χ2n) is 7.21. The van der Waals surface area contributed by atoms with Crippen molar-refractivity contribution in [1.29, 1.82) is 0 Å². The number of nitrogens with zero attached hydrogens (tertiary/aromatic N) is 1. The van der Waals surface area contributed by atoms with E-state index in [9.17, 15) is 9.59 Å². The quantitative estimate of drug-likeness (QED) is 0.589. The third kappa shape index (κ3) is 3.97. The molecule has 0 fully saturated rings. The summed E-state index contributed by atoms with van der Waals surface area (Å²) in [5, 5.41) is 0. The molecule has 0 unspecified atom stereocenters. The predicted octanol–water partition coefficient (Wildman–Crippen LogP) is 3.38. The highest BCUT2D eigenvalue weighted by Crippen LogP contribution is 2.33. The summed E-state index contributed by atoms with van der Waals surface area (Å²) in [5.41, 5.74) is 2.80. The summed E-state index contributed by atoms with van der Waals surface area (Å²) in [4.78, 5) is 26.8. The van der Waals surface area contributed by atoms with Gasteiger partial charge in [-0.25, -0.2) is 4.79 Å². The Labute approximate surface area is 169 Å². The highest BCUT2D eigenvalue weighted by atomic mass is 16.6. The van der Waals surface area contributed by atoms with Crippen LogP contribution in [0.2, 0.25) is 0 Å². The minimum atomic E-state index is -0.874. The minimum Gasteiger partial charge on any atom is -0.486 e. The molecule has 2 aliphatic heterocycles. The van der Waals surface area contributed by atoms with Crippen molar-refractivity contribution in [3.63, 3.8) is 0 Å². The lowest BCUT2D eigenvalue weighted by molar-refractivity contribution is -0.149. The number of esters is 1. The molecule has 2 heterocycles. The second kappa shape index (κ2) is 7.99. The van der Waals surface area contributed by atoms with Crippen LogP contribution in [-0.4, -0.2) is 37.2 Å². The van der Waals surface area contributed by atoms with Gasteiger partial charge in [0, 0.05) is 17.8 Å². The number of carbonyl (C=O) groups excluding carboxylic acids is 2. The molecule has 150 valence electrons. The van der Waals surface area contributed by atoms with Crippen LogP contribution in [0.15, 0.2) is 48.5 Å². The van der Waals surface area contributed by atoms with Gasteiger partial charge >= 0.3 is 5.97 Å². The molecule has 6 heteroatoms. The molecular weight excluding hydrogens is 370 g/mol. The summed E-state index contributed by atoms with van der Waals surface area (Å²) >= 11 is 0. The molecule has 0 saturated heterocycles. The number of hydrogen-bond donors (Lipinski definition) is 0. The lowest BCUT2D eigenvalue weighted by Crippen LogP contribution is -2.43. The average Bonchev–Trinajstić information content (AvgIpc) is 3.07. The second-order valence-corrected chi connectivity index (χ2v) is 7.21. The standard InChI is InChI=1S/C23H23NO5/c1-15-13-18-5-3-4-6-19(18)24(15)23(26)16(2)29-22(25)10-8-17-7-9-20-21(14-17)28-12-11-27-20/h3-10,14-16H,11-13H2,1-2H3/b10-8+/t15-,16+/m1/s1. The first kappa shape index (κ1) is 19.1. The molecule has 0 aromatic heterocycles. The zero-order valence-electron chi connectivity index (χ0n) is 16.5. The molecule has 2 aromatic carbocycles. The van der Waals surface area contributed by atoms with E-state index in [1.54, 1.807) is 30.0 Å². The number of anilines is 1. The van der Waals surface area contributed by atoms with Gasteiger partial charge in [-0.3, -0.25) is 4.79 Å². The summed E-state index contributed by atoms with van der Waals surface area (Å²) < 4.78 is 16.4. The van der Waals surface area contributed by atoms with Gasteiger partial charge in [0.05, 0.1) is 0 Å². The molecule has 4 rings (SSSR count). The first-order valence-electron chi connectivity index (χ1n) is 9.72. The fourth-order valence-electron chi connectivity index (χ4n) is 3.69. The number of rotatable bonds is 4. The zero-order chi connectivity index (χ0) is 20.4. The Bertz CT molecular complexity index is 967. The van der Waals surface area contributed by atoms with E-state index in [1.807, 2.05) is 37.3 Å². The third-order valence-corrected chi connectivity index (χ3v) is 5.06. The Morgan fingerprint density at radius 3 is 2.72 bits per heavy atom. The van der Waals surface area contributed by atoms with Gasteiger partial charge in [-0.15, -0.1) is 0 Å². The zero-order valence-corrected chi connectivity index (χ0v) is 16.5. The van der Waals surface area contributed by atoms with Crippen LogP contribution in [0.5, 0.6) is 11.5 Å². The Morgan fingerprint density at radius 2 is 1.90 bits per heavy atom. The van der Waals surface area contributed by atoms with Gasteiger partial charge < -0.3 is 19.1 Å². The van der Waals surface area contributed by atoms with Gasteiger partial charge in [0.2, 0.25) is 0 Å². The first-order chi connectivity index (χ1) is 14.0. The lowest BCUT2D eigenvalue weighted by atomic mass is 10.1. The van der Waals surface area contributed by atoms with Gasteiger partial charge in [-0.1, -0.05) is 24.3 Å². The first-order valence-corrected chi connectivity index (χ1v) is 9.72. The van der Waals surface area contributed by atoms with Crippen molar-refractivity contribution in [2.24, 2.45) is 0 Å². The number of hydrogen-bond acceptors (Lipinski definition) is 5. The Hall–Kier alpha value is -3.28. The molecule has 2 aromatic rings. The summed E-state index contributed by atoms with van der Waals surface area (Å²) in [5.74, 6) is 0.552. The van der Waals surface area contributed by atoms with E-state index in [0.29, 0.717) is 24.7 Å². The summed E-state index contributed by atoms with van der Waals surface area (Å²) in [7, 11) is 0. The fraction of sp³-hybridized carbons (Fsp3) is 0.304. The van der Waals surface area contributed by atoms with Crippen molar-refractivity contribution in [1.82, 2.24) is 0 Å². The number of ether oxygens (including phenoxy) is 3. The van der Waals surface area contributed by atoms with Crippen LogP contribution in [0.25, 0.3) is 6.08 Å². The molecule has 0 radical (unpaired) electrons. The van der Waals surface area contributed by atoms with Crippen molar-refractivity contribution >= 4 is 23.6 Å². The molecule has 0 N–H and O–H groups in total. The molecule has 2 atom stereocenters. The minimum absolute atomic E-state index is 0.0364. The van der Waals surface area contributed by atoms with Crippen LogP contribution in [0.1, 0.15) is 25.0 Å². The van der Waals surface area contributed by atoms with E-state index >= 15 is 0 Å².